The van der Waals surface area contributed by atoms with E-state index in [4.69, 9.17) is 5.73 Å². The van der Waals surface area contributed by atoms with Gasteiger partial charge >= 0.3 is 0 Å². The summed E-state index contributed by atoms with van der Waals surface area (Å²) < 4.78 is 0.993. The van der Waals surface area contributed by atoms with Crippen LogP contribution in [-0.2, 0) is 0 Å². The number of nitrogens with zero attached hydrogens (tertiary/aromatic N) is 1. The zero-order chi connectivity index (χ0) is 11.5. The van der Waals surface area contributed by atoms with Crippen LogP contribution >= 0.6 is 15.9 Å². The van der Waals surface area contributed by atoms with Crippen LogP contribution in [0.15, 0.2) is 28.7 Å². The molecule has 1 aromatic carbocycles. The van der Waals surface area contributed by atoms with E-state index in [1.54, 1.807) is 0 Å². The van der Waals surface area contributed by atoms with Crippen molar-refractivity contribution in [2.24, 2.45) is 5.73 Å². The Balaban J connectivity index is 1.95. The molecule has 0 unspecified atom stereocenters. The minimum atomic E-state index is 0.168. The van der Waals surface area contributed by atoms with E-state index in [-0.39, 0.29) is 11.8 Å². The van der Waals surface area contributed by atoms with Gasteiger partial charge in [0.15, 0.2) is 5.78 Å². The molecule has 3 nitrogen and oxygen atoms in total. The van der Waals surface area contributed by atoms with Crippen LogP contribution in [0.3, 0.4) is 0 Å². The average molecular weight is 283 g/mol. The topological polar surface area (TPSA) is 46.3 Å². The molecule has 2 rings (SSSR count). The highest BCUT2D eigenvalue weighted by molar-refractivity contribution is 9.10. The van der Waals surface area contributed by atoms with Crippen LogP contribution < -0.4 is 5.73 Å². The Hall–Kier alpha value is -0.710. The third-order valence-corrected chi connectivity index (χ3v) is 3.37. The van der Waals surface area contributed by atoms with Gasteiger partial charge < -0.3 is 5.73 Å². The summed E-state index contributed by atoms with van der Waals surface area (Å²) in [5.41, 5.74) is 6.57. The molecule has 1 aromatic rings. The van der Waals surface area contributed by atoms with Gasteiger partial charge in [0.1, 0.15) is 0 Å². The SMILES string of the molecule is N[C@@H]1CCN(CC(=O)c2ccc(Br)cc2)C1. The molecule has 4 heteroatoms. The Kier molecular flexibility index (Phi) is 3.74. The van der Waals surface area contributed by atoms with Crippen molar-refractivity contribution in [2.45, 2.75) is 12.5 Å². The maximum atomic E-state index is 11.9. The number of carbonyl (C=O) groups excluding carboxylic acids is 1. The monoisotopic (exact) mass is 282 g/mol. The molecule has 1 heterocycles. The van der Waals surface area contributed by atoms with E-state index < -0.39 is 0 Å². The Morgan fingerprint density at radius 3 is 2.69 bits per heavy atom. The van der Waals surface area contributed by atoms with Gasteiger partial charge in [-0.2, -0.15) is 0 Å². The summed E-state index contributed by atoms with van der Waals surface area (Å²) in [6.07, 6.45) is 0.994. The highest BCUT2D eigenvalue weighted by Gasteiger charge is 2.21. The van der Waals surface area contributed by atoms with Crippen LogP contribution in [0.4, 0.5) is 0 Å². The maximum absolute atomic E-state index is 11.9. The smallest absolute Gasteiger partial charge is 0.176 e. The largest absolute Gasteiger partial charge is 0.326 e. The molecule has 1 fully saturated rings. The molecule has 16 heavy (non-hydrogen) atoms. The molecule has 0 bridgehead atoms. The molecule has 1 aliphatic heterocycles. The molecular formula is C12H15BrN2O. The van der Waals surface area contributed by atoms with Crippen LogP contribution in [0.5, 0.6) is 0 Å². The van der Waals surface area contributed by atoms with Crippen LogP contribution in [0.1, 0.15) is 16.8 Å². The Morgan fingerprint density at radius 1 is 1.44 bits per heavy atom. The second-order valence-electron chi connectivity index (χ2n) is 4.21. The first-order chi connectivity index (χ1) is 7.65. The molecule has 2 N–H and O–H groups in total. The summed E-state index contributed by atoms with van der Waals surface area (Å²) in [6, 6.07) is 7.72. The number of benzene rings is 1. The Labute approximate surface area is 104 Å². The Morgan fingerprint density at radius 2 is 2.12 bits per heavy atom. The Bertz CT molecular complexity index is 377. The molecular weight excluding hydrogens is 268 g/mol. The van der Waals surface area contributed by atoms with Crippen molar-refractivity contribution >= 4 is 21.7 Å². The molecule has 86 valence electrons. The lowest BCUT2D eigenvalue weighted by Gasteiger charge is -2.13. The predicted molar refractivity (Wildman–Crippen MR) is 67.5 cm³/mol. The number of halogens is 1. The number of hydrogen-bond acceptors (Lipinski definition) is 3. The average Bonchev–Trinajstić information content (AvgIpc) is 2.65. The lowest BCUT2D eigenvalue weighted by atomic mass is 10.1. The molecule has 0 aromatic heterocycles. The molecule has 0 saturated carbocycles. The van der Waals surface area contributed by atoms with Gasteiger partial charge in [-0.3, -0.25) is 9.69 Å². The summed E-state index contributed by atoms with van der Waals surface area (Å²) in [5, 5.41) is 0. The molecule has 0 radical (unpaired) electrons. The minimum absolute atomic E-state index is 0.168. The first-order valence-corrected chi connectivity index (χ1v) is 6.21. The van der Waals surface area contributed by atoms with Crippen molar-refractivity contribution < 1.29 is 4.79 Å². The summed E-state index contributed by atoms with van der Waals surface area (Å²) in [7, 11) is 0. The van der Waals surface area contributed by atoms with Crippen molar-refractivity contribution in [1.82, 2.24) is 4.90 Å². The van der Waals surface area contributed by atoms with E-state index >= 15 is 0 Å². The van der Waals surface area contributed by atoms with E-state index in [0.29, 0.717) is 6.54 Å². The van der Waals surface area contributed by atoms with Gasteiger partial charge in [0.25, 0.3) is 0 Å². The van der Waals surface area contributed by atoms with Crippen LogP contribution in [0, 0.1) is 0 Å². The number of ketones is 1. The van der Waals surface area contributed by atoms with Crippen molar-refractivity contribution in [3.63, 3.8) is 0 Å². The highest BCUT2D eigenvalue weighted by Crippen LogP contribution is 2.13. The van der Waals surface area contributed by atoms with Crippen LogP contribution in [-0.4, -0.2) is 36.4 Å². The van der Waals surface area contributed by atoms with E-state index in [0.717, 1.165) is 29.5 Å². The second kappa shape index (κ2) is 5.08. The summed E-state index contributed by atoms with van der Waals surface area (Å²) in [5.74, 6) is 0.168. The van der Waals surface area contributed by atoms with Crippen LogP contribution in [0.2, 0.25) is 0 Å². The maximum Gasteiger partial charge on any atom is 0.176 e. The zero-order valence-corrected chi connectivity index (χ0v) is 10.6. The summed E-state index contributed by atoms with van der Waals surface area (Å²) in [6.45, 7) is 2.25. The third-order valence-electron chi connectivity index (χ3n) is 2.84. The van der Waals surface area contributed by atoms with Crippen molar-refractivity contribution in [2.75, 3.05) is 19.6 Å². The third kappa shape index (κ3) is 2.90. The fourth-order valence-corrected chi connectivity index (χ4v) is 2.20. The fraction of sp³-hybridized carbons (Fsp3) is 0.417. The van der Waals surface area contributed by atoms with Crippen LogP contribution in [0.25, 0.3) is 0 Å². The standard InChI is InChI=1S/C12H15BrN2O/c13-10-3-1-9(2-4-10)12(16)8-15-6-5-11(14)7-15/h1-4,11H,5-8,14H2/t11-/m1/s1. The fourth-order valence-electron chi connectivity index (χ4n) is 1.94. The van der Waals surface area contributed by atoms with Crippen molar-refractivity contribution in [1.29, 1.82) is 0 Å². The highest BCUT2D eigenvalue weighted by atomic mass is 79.9. The second-order valence-corrected chi connectivity index (χ2v) is 5.13. The van der Waals surface area contributed by atoms with E-state index in [9.17, 15) is 4.79 Å². The number of hydrogen-bond donors (Lipinski definition) is 1. The number of carbonyl (C=O) groups is 1. The number of nitrogens with two attached hydrogens (primary N) is 1. The minimum Gasteiger partial charge on any atom is -0.326 e. The molecule has 0 amide bonds. The van der Waals surface area contributed by atoms with Gasteiger partial charge in [-0.25, -0.2) is 0 Å². The van der Waals surface area contributed by atoms with Gasteiger partial charge in [0, 0.05) is 29.2 Å². The molecule has 1 saturated heterocycles. The van der Waals surface area contributed by atoms with Crippen molar-refractivity contribution in [3.8, 4) is 0 Å². The lowest BCUT2D eigenvalue weighted by Crippen LogP contribution is -2.31. The van der Waals surface area contributed by atoms with E-state index in [1.807, 2.05) is 24.3 Å². The van der Waals surface area contributed by atoms with Crippen molar-refractivity contribution in [3.05, 3.63) is 34.3 Å². The van der Waals surface area contributed by atoms with Gasteiger partial charge in [-0.05, 0) is 18.6 Å². The normalized spacial score (nSPS) is 21.2. The summed E-state index contributed by atoms with van der Waals surface area (Å²) in [4.78, 5) is 14.0. The quantitative estimate of drug-likeness (QED) is 0.858. The van der Waals surface area contributed by atoms with Gasteiger partial charge in [-0.15, -0.1) is 0 Å². The van der Waals surface area contributed by atoms with Gasteiger partial charge in [0.2, 0.25) is 0 Å². The van der Waals surface area contributed by atoms with E-state index in [1.165, 1.54) is 0 Å². The zero-order valence-electron chi connectivity index (χ0n) is 9.03. The predicted octanol–water partition coefficient (Wildman–Crippen LogP) is 1.66. The first-order valence-electron chi connectivity index (χ1n) is 5.42. The molecule has 0 aliphatic carbocycles. The molecule has 1 atom stereocenters. The number of Topliss-reactive ketones (excluding diaryl/α,β-unsaturated/α-hetero) is 1. The van der Waals surface area contributed by atoms with E-state index in [2.05, 4.69) is 20.8 Å². The number of rotatable bonds is 3. The number of likely N-dealkylation sites (tertiary alicyclic amines) is 1. The first kappa shape index (κ1) is 11.8. The van der Waals surface area contributed by atoms with Gasteiger partial charge in [-0.1, -0.05) is 28.1 Å². The molecule has 1 aliphatic rings. The lowest BCUT2D eigenvalue weighted by molar-refractivity contribution is 0.0945. The molecule has 0 spiro atoms. The van der Waals surface area contributed by atoms with Gasteiger partial charge in [0.05, 0.1) is 6.54 Å². The summed E-state index contributed by atoms with van der Waals surface area (Å²) >= 11 is 3.35.